The first kappa shape index (κ1) is 11.6. The standard InChI is InChI=1S/C11H10Cl2N2S/c12-8-2-1-3-9(14)11(8)15-6-7-4-5-10(13)16-7/h1-5,15H,6,14H2. The van der Waals surface area contributed by atoms with Crippen LogP contribution in [0.1, 0.15) is 4.88 Å². The van der Waals surface area contributed by atoms with Crippen LogP contribution in [0, 0.1) is 0 Å². The maximum atomic E-state index is 6.04. The minimum atomic E-state index is 0.627. The summed E-state index contributed by atoms with van der Waals surface area (Å²) in [4.78, 5) is 1.14. The first-order valence-corrected chi connectivity index (χ1v) is 6.26. The molecule has 0 atom stereocenters. The molecule has 0 unspecified atom stereocenters. The number of thiophene rings is 1. The van der Waals surface area contributed by atoms with Crippen LogP contribution in [0.5, 0.6) is 0 Å². The first-order valence-electron chi connectivity index (χ1n) is 4.69. The number of rotatable bonds is 3. The summed E-state index contributed by atoms with van der Waals surface area (Å²) in [5.74, 6) is 0. The molecule has 0 fully saturated rings. The molecule has 0 saturated heterocycles. The Morgan fingerprint density at radius 1 is 1.19 bits per heavy atom. The molecule has 2 rings (SSSR count). The first-order chi connectivity index (χ1) is 7.66. The lowest BCUT2D eigenvalue weighted by molar-refractivity contribution is 1.19. The van der Waals surface area contributed by atoms with E-state index >= 15 is 0 Å². The van der Waals surface area contributed by atoms with Crippen molar-refractivity contribution in [3.8, 4) is 0 Å². The van der Waals surface area contributed by atoms with Crippen molar-refractivity contribution in [3.63, 3.8) is 0 Å². The normalized spacial score (nSPS) is 10.4. The zero-order valence-electron chi connectivity index (χ0n) is 8.34. The highest BCUT2D eigenvalue weighted by atomic mass is 35.5. The Hall–Kier alpha value is -0.900. The van der Waals surface area contributed by atoms with Crippen molar-refractivity contribution < 1.29 is 0 Å². The molecule has 2 nitrogen and oxygen atoms in total. The molecule has 1 aromatic heterocycles. The van der Waals surface area contributed by atoms with Gasteiger partial charge in [0, 0.05) is 11.4 Å². The fourth-order valence-electron chi connectivity index (χ4n) is 1.35. The predicted molar refractivity (Wildman–Crippen MR) is 72.5 cm³/mol. The van der Waals surface area contributed by atoms with Crippen molar-refractivity contribution in [3.05, 3.63) is 44.6 Å². The third kappa shape index (κ3) is 2.61. The zero-order valence-corrected chi connectivity index (χ0v) is 10.7. The van der Waals surface area contributed by atoms with Crippen molar-refractivity contribution >= 4 is 45.9 Å². The van der Waals surface area contributed by atoms with Crippen molar-refractivity contribution in [2.24, 2.45) is 0 Å². The highest BCUT2D eigenvalue weighted by Crippen LogP contribution is 2.29. The average Bonchev–Trinajstić information content (AvgIpc) is 2.63. The second-order valence-corrected chi connectivity index (χ2v) is 5.47. The van der Waals surface area contributed by atoms with Gasteiger partial charge in [0.25, 0.3) is 0 Å². The monoisotopic (exact) mass is 272 g/mol. The van der Waals surface area contributed by atoms with Gasteiger partial charge < -0.3 is 11.1 Å². The number of hydrogen-bond donors (Lipinski definition) is 2. The summed E-state index contributed by atoms with van der Waals surface area (Å²) >= 11 is 13.4. The SMILES string of the molecule is Nc1cccc(Cl)c1NCc1ccc(Cl)s1. The topological polar surface area (TPSA) is 38.0 Å². The third-order valence-electron chi connectivity index (χ3n) is 2.11. The Balaban J connectivity index is 2.10. The van der Waals surface area contributed by atoms with E-state index in [1.807, 2.05) is 30.3 Å². The number of benzene rings is 1. The Labute approximate surface area is 108 Å². The summed E-state index contributed by atoms with van der Waals surface area (Å²) < 4.78 is 0.781. The van der Waals surface area contributed by atoms with E-state index in [1.165, 1.54) is 11.3 Å². The molecule has 3 N–H and O–H groups in total. The number of nitrogens with one attached hydrogen (secondary N) is 1. The lowest BCUT2D eigenvalue weighted by Gasteiger charge is -2.09. The molecule has 1 heterocycles. The number of halogens is 2. The van der Waals surface area contributed by atoms with Crippen LogP contribution in [0.2, 0.25) is 9.36 Å². The number of anilines is 2. The average molecular weight is 273 g/mol. The van der Waals surface area contributed by atoms with Crippen LogP contribution in [0.4, 0.5) is 11.4 Å². The van der Waals surface area contributed by atoms with Crippen LogP contribution in [-0.2, 0) is 6.54 Å². The van der Waals surface area contributed by atoms with Crippen LogP contribution in [0.3, 0.4) is 0 Å². The molecule has 2 aromatic rings. The highest BCUT2D eigenvalue weighted by molar-refractivity contribution is 7.16. The molecule has 0 spiro atoms. The van der Waals surface area contributed by atoms with Crippen LogP contribution in [0.25, 0.3) is 0 Å². The van der Waals surface area contributed by atoms with Crippen LogP contribution < -0.4 is 11.1 Å². The molecule has 1 aromatic carbocycles. The summed E-state index contributed by atoms with van der Waals surface area (Å²) in [6.45, 7) is 0.672. The molecular formula is C11H10Cl2N2S. The third-order valence-corrected chi connectivity index (χ3v) is 3.66. The molecule has 0 aliphatic carbocycles. The number of nitrogens with two attached hydrogens (primary N) is 1. The molecule has 0 radical (unpaired) electrons. The van der Waals surface area contributed by atoms with Gasteiger partial charge in [-0.15, -0.1) is 11.3 Å². The van der Waals surface area contributed by atoms with E-state index in [2.05, 4.69) is 5.32 Å². The van der Waals surface area contributed by atoms with E-state index in [-0.39, 0.29) is 0 Å². The lowest BCUT2D eigenvalue weighted by atomic mass is 10.2. The van der Waals surface area contributed by atoms with E-state index in [1.54, 1.807) is 0 Å². The molecule has 84 valence electrons. The second-order valence-electron chi connectivity index (χ2n) is 3.26. The van der Waals surface area contributed by atoms with Crippen LogP contribution in [-0.4, -0.2) is 0 Å². The minimum Gasteiger partial charge on any atom is -0.397 e. The number of para-hydroxylation sites is 1. The Morgan fingerprint density at radius 3 is 2.62 bits per heavy atom. The largest absolute Gasteiger partial charge is 0.397 e. The van der Waals surface area contributed by atoms with Gasteiger partial charge in [-0.05, 0) is 24.3 Å². The van der Waals surface area contributed by atoms with Gasteiger partial charge in [0.1, 0.15) is 0 Å². The maximum absolute atomic E-state index is 6.04. The molecule has 5 heteroatoms. The van der Waals surface area contributed by atoms with Crippen molar-refractivity contribution in [1.29, 1.82) is 0 Å². The fraction of sp³-hybridized carbons (Fsp3) is 0.0909. The van der Waals surface area contributed by atoms with Crippen molar-refractivity contribution in [2.75, 3.05) is 11.1 Å². The van der Waals surface area contributed by atoms with E-state index in [4.69, 9.17) is 28.9 Å². The smallest absolute Gasteiger partial charge is 0.0931 e. The van der Waals surface area contributed by atoms with Gasteiger partial charge in [-0.2, -0.15) is 0 Å². The summed E-state index contributed by atoms with van der Waals surface area (Å²) in [5.41, 5.74) is 7.24. The zero-order chi connectivity index (χ0) is 11.5. The molecular weight excluding hydrogens is 263 g/mol. The summed E-state index contributed by atoms with van der Waals surface area (Å²) in [6, 6.07) is 9.30. The van der Waals surface area contributed by atoms with Gasteiger partial charge in [-0.1, -0.05) is 29.3 Å². The van der Waals surface area contributed by atoms with Gasteiger partial charge in [0.2, 0.25) is 0 Å². The predicted octanol–water partition coefficient (Wildman–Crippen LogP) is 4.25. The molecule has 0 aliphatic heterocycles. The quantitative estimate of drug-likeness (QED) is 0.820. The van der Waals surface area contributed by atoms with Gasteiger partial charge in [0.15, 0.2) is 0 Å². The molecule has 16 heavy (non-hydrogen) atoms. The van der Waals surface area contributed by atoms with E-state index in [0.29, 0.717) is 17.3 Å². The number of hydrogen-bond acceptors (Lipinski definition) is 3. The van der Waals surface area contributed by atoms with Gasteiger partial charge in [-0.25, -0.2) is 0 Å². The van der Waals surface area contributed by atoms with Crippen molar-refractivity contribution in [1.82, 2.24) is 0 Å². The molecule has 0 amide bonds. The molecule has 0 saturated carbocycles. The minimum absolute atomic E-state index is 0.627. The number of nitrogen functional groups attached to an aromatic ring is 1. The fourth-order valence-corrected chi connectivity index (χ4v) is 2.63. The van der Waals surface area contributed by atoms with Gasteiger partial charge in [0.05, 0.1) is 20.7 Å². The summed E-state index contributed by atoms with van der Waals surface area (Å²) in [6.07, 6.45) is 0. The Kier molecular flexibility index (Phi) is 3.59. The van der Waals surface area contributed by atoms with Crippen LogP contribution >= 0.6 is 34.5 Å². The van der Waals surface area contributed by atoms with Crippen LogP contribution in [0.15, 0.2) is 30.3 Å². The highest BCUT2D eigenvalue weighted by Gasteiger charge is 2.04. The molecule has 0 aliphatic rings. The lowest BCUT2D eigenvalue weighted by Crippen LogP contribution is -2.01. The van der Waals surface area contributed by atoms with Crippen molar-refractivity contribution in [2.45, 2.75) is 6.54 Å². The van der Waals surface area contributed by atoms with E-state index < -0.39 is 0 Å². The second kappa shape index (κ2) is 4.95. The van der Waals surface area contributed by atoms with Gasteiger partial charge in [-0.3, -0.25) is 0 Å². The summed E-state index contributed by atoms with van der Waals surface area (Å²) in [5, 5.41) is 3.83. The Bertz CT molecular complexity index is 476. The maximum Gasteiger partial charge on any atom is 0.0931 e. The van der Waals surface area contributed by atoms with Gasteiger partial charge >= 0.3 is 0 Å². The van der Waals surface area contributed by atoms with E-state index in [0.717, 1.165) is 14.9 Å². The summed E-state index contributed by atoms with van der Waals surface area (Å²) in [7, 11) is 0. The van der Waals surface area contributed by atoms with E-state index in [9.17, 15) is 0 Å². The molecule has 0 bridgehead atoms. The Morgan fingerprint density at radius 2 is 2.00 bits per heavy atom.